The molecule has 0 saturated carbocycles. The monoisotopic (exact) mass is 210 g/mol. The summed E-state index contributed by atoms with van der Waals surface area (Å²) in [5.41, 5.74) is 0.893. The third-order valence-corrected chi connectivity index (χ3v) is 1.91. The Morgan fingerprint density at radius 2 is 2.20 bits per heavy atom. The number of benzene rings is 1. The van der Waals surface area contributed by atoms with E-state index in [2.05, 4.69) is 5.32 Å². The van der Waals surface area contributed by atoms with Crippen LogP contribution in [-0.2, 0) is 4.79 Å². The first-order valence-corrected chi connectivity index (χ1v) is 4.17. The second-order valence-electron chi connectivity index (χ2n) is 2.86. The number of anilines is 1. The fraction of sp³-hybridized carbons (Fsp3) is 0.222. The van der Waals surface area contributed by atoms with Crippen LogP contribution in [0, 0.1) is 17.0 Å². The number of carbonyl (C=O) groups excluding carboxylic acids is 1. The number of hydrogen-bond donors (Lipinski definition) is 1. The van der Waals surface area contributed by atoms with Crippen molar-refractivity contribution in [2.24, 2.45) is 0 Å². The van der Waals surface area contributed by atoms with E-state index < -0.39 is 4.92 Å². The van der Waals surface area contributed by atoms with Gasteiger partial charge in [0.2, 0.25) is 0 Å². The lowest BCUT2D eigenvalue weighted by Crippen LogP contribution is -2.00. The molecule has 0 unspecified atom stereocenters. The van der Waals surface area contributed by atoms with Gasteiger partial charge < -0.3 is 10.1 Å². The second kappa shape index (κ2) is 4.41. The number of hydrogen-bond acceptors (Lipinski definition) is 5. The molecule has 0 aliphatic heterocycles. The normalized spacial score (nSPS) is 9.47. The van der Waals surface area contributed by atoms with Gasteiger partial charge in [-0.3, -0.25) is 14.9 Å². The number of nitro benzene ring substituents is 1. The highest BCUT2D eigenvalue weighted by Gasteiger charge is 2.14. The molecular weight excluding hydrogens is 200 g/mol. The molecule has 6 nitrogen and oxygen atoms in total. The maximum absolute atomic E-state index is 10.6. The fourth-order valence-corrected chi connectivity index (χ4v) is 1.25. The second-order valence-corrected chi connectivity index (χ2v) is 2.86. The van der Waals surface area contributed by atoms with Crippen LogP contribution in [-0.4, -0.2) is 18.4 Å². The number of carbonyl (C=O) groups is 1. The maximum Gasteiger partial charge on any atom is 0.298 e. The molecule has 6 heteroatoms. The van der Waals surface area contributed by atoms with Gasteiger partial charge in [-0.15, -0.1) is 0 Å². The van der Waals surface area contributed by atoms with Gasteiger partial charge in [0.15, 0.2) is 5.75 Å². The van der Waals surface area contributed by atoms with Crippen molar-refractivity contribution in [2.75, 3.05) is 12.4 Å². The highest BCUT2D eigenvalue weighted by atomic mass is 16.6. The molecule has 80 valence electrons. The van der Waals surface area contributed by atoms with E-state index in [1.165, 1.54) is 12.1 Å². The molecular formula is C9H10N2O4. The molecule has 0 atom stereocenters. The number of non-ortho nitro benzene ring substituents is 1. The van der Waals surface area contributed by atoms with Crippen LogP contribution in [0.4, 0.5) is 11.4 Å². The molecule has 0 radical (unpaired) electrons. The Morgan fingerprint density at radius 1 is 1.53 bits per heavy atom. The van der Waals surface area contributed by atoms with E-state index in [1.54, 1.807) is 14.0 Å². The lowest BCUT2D eigenvalue weighted by atomic mass is 10.1. The third kappa shape index (κ3) is 2.22. The predicted octanol–water partition coefficient (Wildman–Crippen LogP) is 1.48. The Bertz CT molecular complexity index is 403. The largest absolute Gasteiger partial charge is 0.426 e. The minimum atomic E-state index is -0.501. The molecule has 0 aliphatic carbocycles. The van der Waals surface area contributed by atoms with Crippen LogP contribution in [0.1, 0.15) is 5.56 Å². The number of ether oxygens (including phenoxy) is 1. The summed E-state index contributed by atoms with van der Waals surface area (Å²) in [6.45, 7) is 1.92. The Kier molecular flexibility index (Phi) is 3.22. The Labute approximate surface area is 86.0 Å². The summed E-state index contributed by atoms with van der Waals surface area (Å²) in [4.78, 5) is 20.3. The van der Waals surface area contributed by atoms with Crippen molar-refractivity contribution in [2.45, 2.75) is 6.92 Å². The van der Waals surface area contributed by atoms with Crippen molar-refractivity contribution in [1.82, 2.24) is 0 Å². The molecule has 0 aliphatic rings. The number of aryl methyl sites for hydroxylation is 1. The van der Waals surface area contributed by atoms with E-state index in [-0.39, 0.29) is 12.2 Å². The molecule has 1 N–H and O–H groups in total. The first-order valence-electron chi connectivity index (χ1n) is 4.17. The first kappa shape index (κ1) is 11.0. The Balaban J connectivity index is 3.29. The van der Waals surface area contributed by atoms with E-state index >= 15 is 0 Å². The summed E-state index contributed by atoms with van der Waals surface area (Å²) in [5.74, 6) is 0.304. The average Bonchev–Trinajstić information content (AvgIpc) is 2.20. The van der Waals surface area contributed by atoms with Crippen LogP contribution in [0.3, 0.4) is 0 Å². The van der Waals surface area contributed by atoms with E-state index in [9.17, 15) is 14.9 Å². The standard InChI is InChI=1S/C9H10N2O4/c1-6-3-7(11(13)14)4-8(10-2)9(6)15-5-12/h3-5,10H,1-2H3. The summed E-state index contributed by atoms with van der Waals surface area (Å²) in [6, 6.07) is 2.66. The zero-order valence-electron chi connectivity index (χ0n) is 8.31. The van der Waals surface area contributed by atoms with Gasteiger partial charge in [-0.2, -0.15) is 0 Å². The molecule has 0 fully saturated rings. The summed E-state index contributed by atoms with van der Waals surface area (Å²) in [5, 5.41) is 13.3. The van der Waals surface area contributed by atoms with Crippen LogP contribution >= 0.6 is 0 Å². The van der Waals surface area contributed by atoms with Gasteiger partial charge in [-0.25, -0.2) is 0 Å². The van der Waals surface area contributed by atoms with Gasteiger partial charge in [0, 0.05) is 24.7 Å². The van der Waals surface area contributed by atoms with Crippen molar-refractivity contribution in [3.63, 3.8) is 0 Å². The van der Waals surface area contributed by atoms with Gasteiger partial charge in [0.25, 0.3) is 12.2 Å². The van der Waals surface area contributed by atoms with Gasteiger partial charge in [0.1, 0.15) is 0 Å². The summed E-state index contributed by atoms with van der Waals surface area (Å²) < 4.78 is 4.73. The average molecular weight is 210 g/mol. The van der Waals surface area contributed by atoms with Gasteiger partial charge in [0.05, 0.1) is 10.6 Å². The molecule has 0 spiro atoms. The van der Waals surface area contributed by atoms with Gasteiger partial charge >= 0.3 is 0 Å². The first-order chi connectivity index (χ1) is 7.10. The van der Waals surface area contributed by atoms with Crippen LogP contribution in [0.25, 0.3) is 0 Å². The quantitative estimate of drug-likeness (QED) is 0.462. The van der Waals surface area contributed by atoms with Crippen molar-refractivity contribution in [1.29, 1.82) is 0 Å². The molecule has 1 aromatic carbocycles. The molecule has 0 saturated heterocycles. The molecule has 1 rings (SSSR count). The topological polar surface area (TPSA) is 81.5 Å². The van der Waals surface area contributed by atoms with Crippen LogP contribution in [0.15, 0.2) is 12.1 Å². The van der Waals surface area contributed by atoms with Crippen molar-refractivity contribution in [3.8, 4) is 5.75 Å². The minimum absolute atomic E-state index is 0.0462. The SMILES string of the molecule is CNc1cc([N+](=O)[O-])cc(C)c1OC=O. The molecule has 1 aromatic rings. The Hall–Kier alpha value is -2.11. The molecule has 0 bridgehead atoms. The highest BCUT2D eigenvalue weighted by Crippen LogP contribution is 2.32. The maximum atomic E-state index is 10.6. The summed E-state index contributed by atoms with van der Waals surface area (Å²) >= 11 is 0. The van der Waals surface area contributed by atoms with Crippen LogP contribution in [0.5, 0.6) is 5.75 Å². The number of nitrogens with one attached hydrogen (secondary N) is 1. The lowest BCUT2D eigenvalue weighted by Gasteiger charge is -2.09. The van der Waals surface area contributed by atoms with Crippen molar-refractivity contribution in [3.05, 3.63) is 27.8 Å². The summed E-state index contributed by atoms with van der Waals surface area (Å²) in [7, 11) is 1.59. The van der Waals surface area contributed by atoms with Crippen LogP contribution in [0.2, 0.25) is 0 Å². The van der Waals surface area contributed by atoms with E-state index in [1.807, 2.05) is 0 Å². The molecule has 0 aromatic heterocycles. The van der Waals surface area contributed by atoms with Crippen LogP contribution < -0.4 is 10.1 Å². The molecule has 0 heterocycles. The van der Waals surface area contributed by atoms with E-state index in [4.69, 9.17) is 4.74 Å². The summed E-state index contributed by atoms with van der Waals surface area (Å²) in [6.07, 6.45) is 0. The van der Waals surface area contributed by atoms with Gasteiger partial charge in [-0.05, 0) is 6.92 Å². The van der Waals surface area contributed by atoms with Crippen molar-refractivity contribution >= 4 is 17.8 Å². The highest BCUT2D eigenvalue weighted by molar-refractivity contribution is 5.67. The lowest BCUT2D eigenvalue weighted by molar-refractivity contribution is -0.384. The third-order valence-electron chi connectivity index (χ3n) is 1.91. The zero-order valence-corrected chi connectivity index (χ0v) is 8.31. The smallest absolute Gasteiger partial charge is 0.298 e. The number of nitrogens with zero attached hydrogens (tertiary/aromatic N) is 1. The van der Waals surface area contributed by atoms with Crippen molar-refractivity contribution < 1.29 is 14.5 Å². The predicted molar refractivity (Wildman–Crippen MR) is 54.1 cm³/mol. The zero-order chi connectivity index (χ0) is 11.4. The number of nitro groups is 1. The van der Waals surface area contributed by atoms with E-state index in [0.29, 0.717) is 17.0 Å². The minimum Gasteiger partial charge on any atom is -0.426 e. The Morgan fingerprint density at radius 3 is 2.67 bits per heavy atom. The fourth-order valence-electron chi connectivity index (χ4n) is 1.25. The molecule has 15 heavy (non-hydrogen) atoms. The van der Waals surface area contributed by atoms with Gasteiger partial charge in [-0.1, -0.05) is 0 Å². The number of rotatable bonds is 4. The van der Waals surface area contributed by atoms with E-state index in [0.717, 1.165) is 0 Å². The molecule has 0 amide bonds.